The Labute approximate surface area is 131 Å². The second-order valence-corrected chi connectivity index (χ2v) is 5.80. The van der Waals surface area contributed by atoms with Gasteiger partial charge in [-0.1, -0.05) is 0 Å². The first-order chi connectivity index (χ1) is 10.3. The molecule has 1 amide bonds. The molecule has 0 aromatic heterocycles. The normalized spacial score (nSPS) is 11.0. The third kappa shape index (κ3) is 5.44. The fourth-order valence-electron chi connectivity index (χ4n) is 1.95. The lowest BCUT2D eigenvalue weighted by Crippen LogP contribution is -2.45. The van der Waals surface area contributed by atoms with Gasteiger partial charge in [0.05, 0.1) is 21.3 Å². The largest absolute Gasteiger partial charge is 0.493 e. The molecule has 0 aliphatic heterocycles. The Hall–Kier alpha value is -1.95. The molecule has 0 saturated heterocycles. The molecular formula is C16H26N2O4. The lowest BCUT2D eigenvalue weighted by molar-refractivity contribution is -0.121. The van der Waals surface area contributed by atoms with E-state index in [2.05, 4.69) is 5.32 Å². The van der Waals surface area contributed by atoms with Crippen LogP contribution in [0.5, 0.6) is 17.2 Å². The van der Waals surface area contributed by atoms with Gasteiger partial charge in [-0.25, -0.2) is 0 Å². The Morgan fingerprint density at radius 1 is 1.14 bits per heavy atom. The van der Waals surface area contributed by atoms with Gasteiger partial charge in [-0.3, -0.25) is 4.79 Å². The first-order valence-electron chi connectivity index (χ1n) is 7.15. The average molecular weight is 310 g/mol. The van der Waals surface area contributed by atoms with Crippen LogP contribution in [0.2, 0.25) is 0 Å². The summed E-state index contributed by atoms with van der Waals surface area (Å²) in [5.74, 6) is 1.68. The highest BCUT2D eigenvalue weighted by Gasteiger charge is 2.15. The van der Waals surface area contributed by atoms with E-state index in [9.17, 15) is 4.79 Å². The van der Waals surface area contributed by atoms with Crippen LogP contribution in [0, 0.1) is 0 Å². The lowest BCUT2D eigenvalue weighted by atomic mass is 10.1. The zero-order valence-corrected chi connectivity index (χ0v) is 14.0. The van der Waals surface area contributed by atoms with E-state index in [1.54, 1.807) is 21.3 Å². The SMILES string of the molecule is COc1cc(CCC(=O)NCC(C)(C)N)cc(OC)c1OC. The van der Waals surface area contributed by atoms with Gasteiger partial charge in [0.25, 0.3) is 0 Å². The van der Waals surface area contributed by atoms with Crippen LogP contribution in [-0.2, 0) is 11.2 Å². The minimum Gasteiger partial charge on any atom is -0.493 e. The first-order valence-corrected chi connectivity index (χ1v) is 7.15. The molecule has 1 aromatic rings. The smallest absolute Gasteiger partial charge is 0.220 e. The number of methoxy groups -OCH3 is 3. The molecule has 0 fully saturated rings. The number of benzene rings is 1. The maximum Gasteiger partial charge on any atom is 0.220 e. The Kier molecular flexibility index (Phi) is 6.49. The molecule has 0 atom stereocenters. The molecule has 0 radical (unpaired) electrons. The van der Waals surface area contributed by atoms with E-state index in [1.807, 2.05) is 26.0 Å². The van der Waals surface area contributed by atoms with Gasteiger partial charge in [0.1, 0.15) is 0 Å². The molecule has 0 spiro atoms. The Morgan fingerprint density at radius 3 is 2.09 bits per heavy atom. The quantitative estimate of drug-likeness (QED) is 0.760. The summed E-state index contributed by atoms with van der Waals surface area (Å²) in [5.41, 5.74) is 6.36. The van der Waals surface area contributed by atoms with Crippen molar-refractivity contribution in [2.24, 2.45) is 5.73 Å². The molecule has 0 heterocycles. The van der Waals surface area contributed by atoms with E-state index in [-0.39, 0.29) is 5.91 Å². The molecule has 6 heteroatoms. The van der Waals surface area contributed by atoms with Crippen LogP contribution < -0.4 is 25.3 Å². The van der Waals surface area contributed by atoms with E-state index in [1.165, 1.54) is 0 Å². The zero-order chi connectivity index (χ0) is 16.8. The van der Waals surface area contributed by atoms with Crippen LogP contribution in [0.25, 0.3) is 0 Å². The number of ether oxygens (including phenoxy) is 3. The topological polar surface area (TPSA) is 82.8 Å². The van der Waals surface area contributed by atoms with Gasteiger partial charge in [0.15, 0.2) is 11.5 Å². The maximum absolute atomic E-state index is 11.8. The molecule has 3 N–H and O–H groups in total. The van der Waals surface area contributed by atoms with Crippen molar-refractivity contribution >= 4 is 5.91 Å². The van der Waals surface area contributed by atoms with Crippen molar-refractivity contribution in [2.75, 3.05) is 27.9 Å². The second kappa shape index (κ2) is 7.89. The molecule has 6 nitrogen and oxygen atoms in total. The van der Waals surface area contributed by atoms with Crippen molar-refractivity contribution in [3.63, 3.8) is 0 Å². The van der Waals surface area contributed by atoms with E-state index in [0.29, 0.717) is 36.6 Å². The number of carbonyl (C=O) groups is 1. The molecule has 0 unspecified atom stereocenters. The minimum atomic E-state index is -0.414. The Bertz CT molecular complexity index is 484. The molecular weight excluding hydrogens is 284 g/mol. The average Bonchev–Trinajstić information content (AvgIpc) is 2.48. The van der Waals surface area contributed by atoms with Gasteiger partial charge in [0.2, 0.25) is 11.7 Å². The number of nitrogens with two attached hydrogens (primary N) is 1. The summed E-state index contributed by atoms with van der Waals surface area (Å²) >= 11 is 0. The third-order valence-electron chi connectivity index (χ3n) is 3.11. The maximum atomic E-state index is 11.8. The van der Waals surface area contributed by atoms with Crippen LogP contribution in [-0.4, -0.2) is 39.3 Å². The number of hydrogen-bond donors (Lipinski definition) is 2. The zero-order valence-electron chi connectivity index (χ0n) is 14.0. The van der Waals surface area contributed by atoms with Crippen LogP contribution in [0.3, 0.4) is 0 Å². The summed E-state index contributed by atoms with van der Waals surface area (Å²) in [6, 6.07) is 3.70. The molecule has 0 aliphatic rings. The van der Waals surface area contributed by atoms with E-state index >= 15 is 0 Å². The fraction of sp³-hybridized carbons (Fsp3) is 0.562. The van der Waals surface area contributed by atoms with Crippen molar-refractivity contribution in [1.82, 2.24) is 5.32 Å². The molecule has 1 aromatic carbocycles. The van der Waals surface area contributed by atoms with Crippen LogP contribution >= 0.6 is 0 Å². The summed E-state index contributed by atoms with van der Waals surface area (Å²) in [7, 11) is 4.69. The highest BCUT2D eigenvalue weighted by molar-refractivity contribution is 5.76. The number of hydrogen-bond acceptors (Lipinski definition) is 5. The van der Waals surface area contributed by atoms with Gasteiger partial charge in [-0.2, -0.15) is 0 Å². The highest BCUT2D eigenvalue weighted by atomic mass is 16.5. The third-order valence-corrected chi connectivity index (χ3v) is 3.11. The van der Waals surface area contributed by atoms with Gasteiger partial charge in [-0.05, 0) is 38.0 Å². The molecule has 124 valence electrons. The van der Waals surface area contributed by atoms with Gasteiger partial charge < -0.3 is 25.3 Å². The Balaban J connectivity index is 2.72. The minimum absolute atomic E-state index is 0.0349. The monoisotopic (exact) mass is 310 g/mol. The molecule has 0 aliphatic carbocycles. The fourth-order valence-corrected chi connectivity index (χ4v) is 1.95. The summed E-state index contributed by atoms with van der Waals surface area (Å²) in [6.45, 7) is 4.18. The molecule has 22 heavy (non-hydrogen) atoms. The number of amides is 1. The summed E-state index contributed by atoms with van der Waals surface area (Å²) < 4.78 is 15.9. The van der Waals surface area contributed by atoms with Crippen LogP contribution in [0.1, 0.15) is 25.8 Å². The van der Waals surface area contributed by atoms with Gasteiger partial charge in [-0.15, -0.1) is 0 Å². The number of rotatable bonds is 8. The molecule has 0 bridgehead atoms. The lowest BCUT2D eigenvalue weighted by Gasteiger charge is -2.19. The first kappa shape index (κ1) is 18.1. The van der Waals surface area contributed by atoms with Crippen molar-refractivity contribution < 1.29 is 19.0 Å². The Morgan fingerprint density at radius 2 is 1.68 bits per heavy atom. The van der Waals surface area contributed by atoms with E-state index < -0.39 is 5.54 Å². The van der Waals surface area contributed by atoms with Crippen molar-refractivity contribution in [3.8, 4) is 17.2 Å². The highest BCUT2D eigenvalue weighted by Crippen LogP contribution is 2.38. The second-order valence-electron chi connectivity index (χ2n) is 5.80. The van der Waals surface area contributed by atoms with Crippen molar-refractivity contribution in [3.05, 3.63) is 17.7 Å². The predicted molar refractivity (Wildman–Crippen MR) is 85.7 cm³/mol. The number of carbonyl (C=O) groups excluding carboxylic acids is 1. The predicted octanol–water partition coefficient (Wildman–Crippen LogP) is 1.50. The number of nitrogens with one attached hydrogen (secondary N) is 1. The van der Waals surface area contributed by atoms with Crippen LogP contribution in [0.4, 0.5) is 0 Å². The van der Waals surface area contributed by atoms with Gasteiger partial charge in [0, 0.05) is 18.5 Å². The number of aryl methyl sites for hydroxylation is 1. The van der Waals surface area contributed by atoms with E-state index in [0.717, 1.165) is 5.56 Å². The summed E-state index contributed by atoms with van der Waals surface area (Å²) in [4.78, 5) is 11.8. The summed E-state index contributed by atoms with van der Waals surface area (Å²) in [6.07, 6.45) is 0.947. The molecule has 1 rings (SSSR count). The standard InChI is InChI=1S/C16H26N2O4/c1-16(2,17)10-18-14(19)7-6-11-8-12(20-3)15(22-5)13(9-11)21-4/h8-9H,6-7,10,17H2,1-5H3,(H,18,19). The van der Waals surface area contributed by atoms with E-state index in [4.69, 9.17) is 19.9 Å². The molecule has 0 saturated carbocycles. The van der Waals surface area contributed by atoms with Crippen LogP contribution in [0.15, 0.2) is 12.1 Å². The van der Waals surface area contributed by atoms with Crippen molar-refractivity contribution in [2.45, 2.75) is 32.2 Å². The van der Waals surface area contributed by atoms with Gasteiger partial charge >= 0.3 is 0 Å². The van der Waals surface area contributed by atoms with Crippen molar-refractivity contribution in [1.29, 1.82) is 0 Å². The summed E-state index contributed by atoms with van der Waals surface area (Å²) in [5, 5.41) is 2.82.